The van der Waals surface area contributed by atoms with E-state index in [1.807, 2.05) is 19.1 Å². The highest BCUT2D eigenvalue weighted by Crippen LogP contribution is 2.21. The van der Waals surface area contributed by atoms with Gasteiger partial charge in [0.1, 0.15) is 5.78 Å². The molecule has 0 aliphatic carbocycles. The molecule has 3 heteroatoms. The molecular weight excluding hydrogens is 234 g/mol. The number of hydrogen-bond donors (Lipinski definition) is 0. The lowest BCUT2D eigenvalue weighted by Crippen LogP contribution is -2.44. The van der Waals surface area contributed by atoms with E-state index < -0.39 is 0 Å². The number of piperidine rings is 1. The average Bonchev–Trinajstić information content (AvgIpc) is 2.29. The Labute approximate surface area is 108 Å². The lowest BCUT2D eigenvalue weighted by molar-refractivity contribution is -0.127. The number of Topliss-reactive ketones (excluding diaryl/α,β-unsaturated/α-hetero) is 1. The first-order valence-electron chi connectivity index (χ1n) is 6.07. The molecule has 0 N–H and O–H groups in total. The fourth-order valence-electron chi connectivity index (χ4n) is 2.30. The van der Waals surface area contributed by atoms with Crippen molar-refractivity contribution >= 4 is 17.4 Å². The average molecular weight is 252 g/mol. The first kappa shape index (κ1) is 12.6. The van der Waals surface area contributed by atoms with E-state index in [2.05, 4.69) is 24.0 Å². The Morgan fingerprint density at radius 3 is 2.59 bits per heavy atom. The van der Waals surface area contributed by atoms with Gasteiger partial charge in [0, 0.05) is 36.5 Å². The monoisotopic (exact) mass is 251 g/mol. The Hall–Kier alpha value is -0.860. The van der Waals surface area contributed by atoms with E-state index in [0.717, 1.165) is 18.1 Å². The molecule has 1 aromatic carbocycles. The summed E-state index contributed by atoms with van der Waals surface area (Å²) in [6, 6.07) is 8.28. The molecule has 0 amide bonds. The SMILES string of the molecule is C[C@@H]1CN(Cc2ccc(Cl)cc2)[C@@H](C)CC1=O. The molecule has 2 nitrogen and oxygen atoms in total. The number of hydrogen-bond acceptors (Lipinski definition) is 2. The van der Waals surface area contributed by atoms with Crippen molar-refractivity contribution in [2.75, 3.05) is 6.54 Å². The zero-order valence-electron chi connectivity index (χ0n) is 10.3. The summed E-state index contributed by atoms with van der Waals surface area (Å²) in [6.07, 6.45) is 0.675. The summed E-state index contributed by atoms with van der Waals surface area (Å²) in [5.74, 6) is 0.559. The van der Waals surface area contributed by atoms with Gasteiger partial charge in [-0.25, -0.2) is 0 Å². The van der Waals surface area contributed by atoms with Crippen LogP contribution in [0.25, 0.3) is 0 Å². The second kappa shape index (κ2) is 5.19. The largest absolute Gasteiger partial charge is 0.299 e. The Balaban J connectivity index is 2.03. The second-order valence-corrected chi connectivity index (χ2v) is 5.41. The lowest BCUT2D eigenvalue weighted by atomic mass is 9.93. The molecular formula is C14H18ClNO. The molecule has 92 valence electrons. The summed E-state index contributed by atoms with van der Waals surface area (Å²) < 4.78 is 0. The van der Waals surface area contributed by atoms with Crippen LogP contribution in [0.5, 0.6) is 0 Å². The number of carbonyl (C=O) groups is 1. The van der Waals surface area contributed by atoms with Gasteiger partial charge >= 0.3 is 0 Å². The van der Waals surface area contributed by atoms with Gasteiger partial charge in [-0.1, -0.05) is 30.7 Å². The third kappa shape index (κ3) is 3.08. The van der Waals surface area contributed by atoms with Crippen LogP contribution in [-0.4, -0.2) is 23.3 Å². The molecule has 1 fully saturated rings. The van der Waals surface area contributed by atoms with E-state index in [9.17, 15) is 4.79 Å². The van der Waals surface area contributed by atoms with Crippen LogP contribution in [0.1, 0.15) is 25.8 Å². The molecule has 0 bridgehead atoms. The zero-order chi connectivity index (χ0) is 12.4. The third-order valence-corrected chi connectivity index (χ3v) is 3.73. The van der Waals surface area contributed by atoms with Crippen molar-refractivity contribution in [3.8, 4) is 0 Å². The minimum atomic E-state index is 0.165. The molecule has 0 radical (unpaired) electrons. The van der Waals surface area contributed by atoms with E-state index >= 15 is 0 Å². The van der Waals surface area contributed by atoms with Crippen molar-refractivity contribution in [2.45, 2.75) is 32.9 Å². The van der Waals surface area contributed by atoms with Gasteiger partial charge in [-0.2, -0.15) is 0 Å². The van der Waals surface area contributed by atoms with Crippen LogP contribution in [0.15, 0.2) is 24.3 Å². The van der Waals surface area contributed by atoms with Gasteiger partial charge in [0.2, 0.25) is 0 Å². The first-order chi connectivity index (χ1) is 8.06. The summed E-state index contributed by atoms with van der Waals surface area (Å²) in [5.41, 5.74) is 1.25. The summed E-state index contributed by atoms with van der Waals surface area (Å²) in [7, 11) is 0. The van der Waals surface area contributed by atoms with Crippen molar-refractivity contribution in [3.05, 3.63) is 34.9 Å². The van der Waals surface area contributed by atoms with E-state index in [0.29, 0.717) is 18.2 Å². The molecule has 1 aliphatic heterocycles. The summed E-state index contributed by atoms with van der Waals surface area (Å²) in [5, 5.41) is 0.768. The number of ketones is 1. The maximum atomic E-state index is 11.6. The van der Waals surface area contributed by atoms with Crippen LogP contribution in [0.3, 0.4) is 0 Å². The molecule has 2 rings (SSSR count). The molecule has 2 atom stereocenters. The van der Waals surface area contributed by atoms with Crippen molar-refractivity contribution in [2.24, 2.45) is 5.92 Å². The molecule has 17 heavy (non-hydrogen) atoms. The summed E-state index contributed by atoms with van der Waals surface area (Å²) >= 11 is 5.87. The van der Waals surface area contributed by atoms with E-state index in [1.54, 1.807) is 0 Å². The Bertz CT molecular complexity index is 401. The fraction of sp³-hybridized carbons (Fsp3) is 0.500. The van der Waals surface area contributed by atoms with Crippen LogP contribution in [-0.2, 0) is 11.3 Å². The zero-order valence-corrected chi connectivity index (χ0v) is 11.1. The van der Waals surface area contributed by atoms with Crippen LogP contribution < -0.4 is 0 Å². The highest BCUT2D eigenvalue weighted by Gasteiger charge is 2.28. The number of likely N-dealkylation sites (tertiary alicyclic amines) is 1. The van der Waals surface area contributed by atoms with Gasteiger partial charge in [-0.15, -0.1) is 0 Å². The van der Waals surface area contributed by atoms with Gasteiger partial charge < -0.3 is 0 Å². The maximum absolute atomic E-state index is 11.6. The standard InChI is InChI=1S/C14H18ClNO/c1-10-8-16(11(2)7-14(10)17)9-12-3-5-13(15)6-4-12/h3-6,10-11H,7-9H2,1-2H3/t10-,11+/m1/s1. The summed E-state index contributed by atoms with van der Waals surface area (Å²) in [4.78, 5) is 14.0. The minimum absolute atomic E-state index is 0.165. The van der Waals surface area contributed by atoms with E-state index in [-0.39, 0.29) is 5.92 Å². The maximum Gasteiger partial charge on any atom is 0.138 e. The Morgan fingerprint density at radius 2 is 1.94 bits per heavy atom. The Morgan fingerprint density at radius 1 is 1.29 bits per heavy atom. The molecule has 0 aromatic heterocycles. The lowest BCUT2D eigenvalue weighted by Gasteiger charge is -2.35. The van der Waals surface area contributed by atoms with E-state index in [1.165, 1.54) is 5.56 Å². The van der Waals surface area contributed by atoms with Gasteiger partial charge in [0.25, 0.3) is 0 Å². The van der Waals surface area contributed by atoms with Crippen molar-refractivity contribution in [3.63, 3.8) is 0 Å². The fourth-order valence-corrected chi connectivity index (χ4v) is 2.43. The number of carbonyl (C=O) groups excluding carboxylic acids is 1. The van der Waals surface area contributed by atoms with Crippen LogP contribution in [0.2, 0.25) is 5.02 Å². The second-order valence-electron chi connectivity index (χ2n) is 4.98. The van der Waals surface area contributed by atoms with Gasteiger partial charge in [-0.05, 0) is 24.6 Å². The quantitative estimate of drug-likeness (QED) is 0.805. The normalized spacial score (nSPS) is 26.2. The highest BCUT2D eigenvalue weighted by molar-refractivity contribution is 6.30. The van der Waals surface area contributed by atoms with Crippen molar-refractivity contribution in [1.82, 2.24) is 4.90 Å². The van der Waals surface area contributed by atoms with Crippen molar-refractivity contribution < 1.29 is 4.79 Å². The molecule has 1 heterocycles. The molecule has 0 saturated carbocycles. The summed E-state index contributed by atoms with van der Waals surface area (Å²) in [6.45, 7) is 5.90. The van der Waals surface area contributed by atoms with Crippen LogP contribution >= 0.6 is 11.6 Å². The van der Waals surface area contributed by atoms with E-state index in [4.69, 9.17) is 11.6 Å². The molecule has 1 aliphatic rings. The van der Waals surface area contributed by atoms with Gasteiger partial charge in [0.15, 0.2) is 0 Å². The first-order valence-corrected chi connectivity index (χ1v) is 6.45. The number of rotatable bonds is 2. The number of nitrogens with zero attached hydrogens (tertiary/aromatic N) is 1. The molecule has 0 unspecified atom stereocenters. The predicted octanol–water partition coefficient (Wildman–Crippen LogP) is 3.14. The molecule has 1 saturated heterocycles. The van der Waals surface area contributed by atoms with Gasteiger partial charge in [0.05, 0.1) is 0 Å². The topological polar surface area (TPSA) is 20.3 Å². The van der Waals surface area contributed by atoms with Crippen molar-refractivity contribution in [1.29, 1.82) is 0 Å². The number of benzene rings is 1. The van der Waals surface area contributed by atoms with Gasteiger partial charge in [-0.3, -0.25) is 9.69 Å². The predicted molar refractivity (Wildman–Crippen MR) is 70.1 cm³/mol. The van der Waals surface area contributed by atoms with Crippen LogP contribution in [0.4, 0.5) is 0 Å². The highest BCUT2D eigenvalue weighted by atomic mass is 35.5. The number of halogens is 1. The Kier molecular flexibility index (Phi) is 3.85. The smallest absolute Gasteiger partial charge is 0.138 e. The minimum Gasteiger partial charge on any atom is -0.299 e. The molecule has 0 spiro atoms. The van der Waals surface area contributed by atoms with Crippen LogP contribution in [0, 0.1) is 5.92 Å². The third-order valence-electron chi connectivity index (χ3n) is 3.48. The molecule has 1 aromatic rings.